The third-order valence-corrected chi connectivity index (χ3v) is 10.8. The summed E-state index contributed by atoms with van der Waals surface area (Å²) in [5, 5.41) is 45.7. The monoisotopic (exact) mass is 422 g/mol. The van der Waals surface area contributed by atoms with Crippen LogP contribution < -0.4 is 0 Å². The Balaban J connectivity index is 1.60. The number of aliphatic hydroxyl groups is 4. The van der Waals surface area contributed by atoms with Crippen molar-refractivity contribution in [3.63, 3.8) is 0 Å². The van der Waals surface area contributed by atoms with Crippen LogP contribution in [0.1, 0.15) is 98.8 Å². The Bertz CT molecular complexity index is 651. The summed E-state index contributed by atoms with van der Waals surface area (Å²) < 4.78 is 0. The second kappa shape index (κ2) is 7.43. The van der Waals surface area contributed by atoms with E-state index in [4.69, 9.17) is 0 Å². The zero-order chi connectivity index (χ0) is 22.1. The van der Waals surface area contributed by atoms with Crippen LogP contribution in [-0.2, 0) is 0 Å². The molecule has 0 aliphatic heterocycles. The molecule has 0 spiro atoms. The molecule has 0 aromatic rings. The summed E-state index contributed by atoms with van der Waals surface area (Å²) in [5.41, 5.74) is -3.25. The van der Waals surface area contributed by atoms with Gasteiger partial charge in [-0.1, -0.05) is 53.9 Å². The van der Waals surface area contributed by atoms with Crippen molar-refractivity contribution < 1.29 is 20.4 Å². The molecular formula is C26H46O4. The van der Waals surface area contributed by atoms with E-state index in [1.807, 2.05) is 6.92 Å². The van der Waals surface area contributed by atoms with Crippen LogP contribution in [0.25, 0.3) is 0 Å². The van der Waals surface area contributed by atoms with Crippen LogP contribution in [0.3, 0.4) is 0 Å². The van der Waals surface area contributed by atoms with Crippen LogP contribution in [0.15, 0.2) is 0 Å². The van der Waals surface area contributed by atoms with Gasteiger partial charge in [-0.3, -0.25) is 0 Å². The lowest BCUT2D eigenvalue weighted by Crippen LogP contribution is -2.64. The SMILES string of the molecule is CC(C)CCC[C@@H](C)[C@H]1CC[C@H]2[C@@H]3[C@H](O)[C@]4(C)C[C@@H](O)CC[C@]4(O)[C@]3(O)CC[C@]12C. The van der Waals surface area contributed by atoms with Crippen LogP contribution in [-0.4, -0.2) is 43.8 Å². The van der Waals surface area contributed by atoms with Gasteiger partial charge in [0.15, 0.2) is 0 Å². The molecule has 0 radical (unpaired) electrons. The lowest BCUT2D eigenvalue weighted by molar-refractivity contribution is -0.235. The normalized spacial score (nSPS) is 54.0. The lowest BCUT2D eigenvalue weighted by Gasteiger charge is -2.56. The number of rotatable bonds is 5. The van der Waals surface area contributed by atoms with Gasteiger partial charge < -0.3 is 20.4 Å². The average molecular weight is 423 g/mol. The van der Waals surface area contributed by atoms with Gasteiger partial charge >= 0.3 is 0 Å². The van der Waals surface area contributed by atoms with Gasteiger partial charge in [-0.15, -0.1) is 0 Å². The fourth-order valence-corrected chi connectivity index (χ4v) is 9.06. The number of hydrogen-bond donors (Lipinski definition) is 4. The van der Waals surface area contributed by atoms with Crippen LogP contribution in [0.4, 0.5) is 0 Å². The molecule has 0 aromatic carbocycles. The Morgan fingerprint density at radius 3 is 2.27 bits per heavy atom. The summed E-state index contributed by atoms with van der Waals surface area (Å²) in [4.78, 5) is 0. The van der Waals surface area contributed by atoms with Crippen molar-refractivity contribution in [1.82, 2.24) is 0 Å². The first-order valence-electron chi connectivity index (χ1n) is 12.7. The molecule has 4 saturated carbocycles. The van der Waals surface area contributed by atoms with E-state index < -0.39 is 28.8 Å². The summed E-state index contributed by atoms with van der Waals surface area (Å²) in [5.74, 6) is 1.99. The third-order valence-electron chi connectivity index (χ3n) is 10.8. The summed E-state index contributed by atoms with van der Waals surface area (Å²) in [6, 6.07) is 0. The maximum absolute atomic E-state index is 12.0. The van der Waals surface area contributed by atoms with Crippen molar-refractivity contribution in [3.05, 3.63) is 0 Å². The molecule has 0 unspecified atom stereocenters. The van der Waals surface area contributed by atoms with Crippen LogP contribution in [0.5, 0.6) is 0 Å². The zero-order valence-corrected chi connectivity index (χ0v) is 19.9. The van der Waals surface area contributed by atoms with Crippen LogP contribution in [0.2, 0.25) is 0 Å². The minimum Gasteiger partial charge on any atom is -0.393 e. The van der Waals surface area contributed by atoms with E-state index in [1.54, 1.807) is 0 Å². The quantitative estimate of drug-likeness (QED) is 0.533. The second-order valence-corrected chi connectivity index (χ2v) is 12.7. The third kappa shape index (κ3) is 2.92. The molecule has 4 N–H and O–H groups in total. The molecule has 0 aromatic heterocycles. The Morgan fingerprint density at radius 1 is 0.900 bits per heavy atom. The first kappa shape index (κ1) is 23.0. The maximum atomic E-state index is 12.0. The van der Waals surface area contributed by atoms with Gasteiger partial charge in [0.25, 0.3) is 0 Å². The second-order valence-electron chi connectivity index (χ2n) is 12.7. The standard InChI is InChI=1S/C26H46O4/c1-16(2)7-6-8-17(3)19-9-10-20-21-22(28)24(5)15-18(27)11-12-26(24,30)25(21,29)14-13-23(19,20)4/h16-22,27-30H,6-15H2,1-5H3/t17-,18+,19-,20+,21-,22+,23-,24+,25+,26-/m1/s1. The molecule has 4 aliphatic carbocycles. The highest BCUT2D eigenvalue weighted by atomic mass is 16.4. The molecule has 4 nitrogen and oxygen atoms in total. The summed E-state index contributed by atoms with van der Waals surface area (Å²) in [7, 11) is 0. The molecule has 0 bridgehead atoms. The molecule has 30 heavy (non-hydrogen) atoms. The van der Waals surface area contributed by atoms with Gasteiger partial charge in [0.05, 0.1) is 17.8 Å². The van der Waals surface area contributed by atoms with Crippen molar-refractivity contribution in [3.8, 4) is 0 Å². The van der Waals surface area contributed by atoms with E-state index in [1.165, 1.54) is 25.7 Å². The summed E-state index contributed by atoms with van der Waals surface area (Å²) in [6.45, 7) is 11.3. The predicted octanol–water partition coefficient (Wildman–Crippen LogP) is 4.28. The zero-order valence-electron chi connectivity index (χ0n) is 19.9. The molecule has 4 aliphatic rings. The molecule has 0 heterocycles. The minimum absolute atomic E-state index is 0.119. The number of hydrogen-bond acceptors (Lipinski definition) is 4. The first-order valence-corrected chi connectivity index (χ1v) is 12.7. The van der Waals surface area contributed by atoms with Gasteiger partial charge in [0.2, 0.25) is 0 Å². The molecular weight excluding hydrogens is 376 g/mol. The smallest absolute Gasteiger partial charge is 0.102 e. The minimum atomic E-state index is -1.30. The fourth-order valence-electron chi connectivity index (χ4n) is 9.06. The van der Waals surface area contributed by atoms with Gasteiger partial charge in [0.1, 0.15) is 5.60 Å². The van der Waals surface area contributed by atoms with E-state index >= 15 is 0 Å². The molecule has 4 heteroatoms. The Hall–Kier alpha value is -0.160. The predicted molar refractivity (Wildman–Crippen MR) is 119 cm³/mol. The van der Waals surface area contributed by atoms with Gasteiger partial charge in [-0.25, -0.2) is 0 Å². The Morgan fingerprint density at radius 2 is 1.60 bits per heavy atom. The van der Waals surface area contributed by atoms with Crippen molar-refractivity contribution in [2.45, 2.75) is 122 Å². The van der Waals surface area contributed by atoms with E-state index in [9.17, 15) is 20.4 Å². The lowest BCUT2D eigenvalue weighted by atomic mass is 9.53. The Labute approximate surface area is 183 Å². The van der Waals surface area contributed by atoms with E-state index in [0.717, 1.165) is 18.8 Å². The van der Waals surface area contributed by atoms with Gasteiger partial charge in [-0.2, -0.15) is 0 Å². The highest BCUT2D eigenvalue weighted by molar-refractivity contribution is 5.28. The summed E-state index contributed by atoms with van der Waals surface area (Å²) in [6.07, 6.45) is 7.52. The van der Waals surface area contributed by atoms with Crippen molar-refractivity contribution in [1.29, 1.82) is 0 Å². The highest BCUT2D eigenvalue weighted by Crippen LogP contribution is 2.72. The van der Waals surface area contributed by atoms with Crippen molar-refractivity contribution in [2.24, 2.45) is 40.4 Å². The topological polar surface area (TPSA) is 80.9 Å². The maximum Gasteiger partial charge on any atom is 0.102 e. The van der Waals surface area contributed by atoms with Crippen LogP contribution in [0, 0.1) is 40.4 Å². The molecule has 174 valence electrons. The number of aliphatic hydroxyl groups excluding tert-OH is 2. The molecule has 10 atom stereocenters. The Kier molecular flexibility index (Phi) is 5.70. The van der Waals surface area contributed by atoms with E-state index in [2.05, 4.69) is 27.7 Å². The molecule has 0 saturated heterocycles. The largest absolute Gasteiger partial charge is 0.393 e. The summed E-state index contributed by atoms with van der Waals surface area (Å²) >= 11 is 0. The molecule has 0 amide bonds. The van der Waals surface area contributed by atoms with Gasteiger partial charge in [0, 0.05) is 11.3 Å². The molecule has 4 fully saturated rings. The van der Waals surface area contributed by atoms with Crippen molar-refractivity contribution >= 4 is 0 Å². The first-order chi connectivity index (χ1) is 13.9. The van der Waals surface area contributed by atoms with Gasteiger partial charge in [-0.05, 0) is 74.0 Å². The molecule has 4 rings (SSSR count). The van der Waals surface area contributed by atoms with Crippen LogP contribution >= 0.6 is 0 Å². The average Bonchev–Trinajstić information content (AvgIpc) is 3.06. The van der Waals surface area contributed by atoms with E-state index in [-0.39, 0.29) is 17.3 Å². The van der Waals surface area contributed by atoms with Crippen molar-refractivity contribution in [2.75, 3.05) is 0 Å². The number of fused-ring (bicyclic) bond motifs is 5. The fraction of sp³-hybridized carbons (Fsp3) is 1.00. The highest BCUT2D eigenvalue weighted by Gasteiger charge is 2.78. The van der Waals surface area contributed by atoms with E-state index in [0.29, 0.717) is 37.5 Å².